The Kier molecular flexibility index (Phi) is 5.28. The van der Waals surface area contributed by atoms with Gasteiger partial charge in [0.25, 0.3) is 5.69 Å². The Morgan fingerprint density at radius 1 is 1.36 bits per heavy atom. The number of hydrogen-bond acceptors (Lipinski definition) is 7. The van der Waals surface area contributed by atoms with Gasteiger partial charge in [0.05, 0.1) is 16.5 Å². The van der Waals surface area contributed by atoms with E-state index in [-0.39, 0.29) is 35.3 Å². The molecule has 9 heteroatoms. The molecule has 1 heterocycles. The second kappa shape index (κ2) is 7.51. The summed E-state index contributed by atoms with van der Waals surface area (Å²) in [5.74, 6) is -1.10. The molecular formula is C19H21N3O6. The zero-order chi connectivity index (χ0) is 20.5. The van der Waals surface area contributed by atoms with Gasteiger partial charge in [-0.15, -0.1) is 6.58 Å². The molecule has 1 amide bonds. The van der Waals surface area contributed by atoms with Gasteiger partial charge in [0.2, 0.25) is 5.91 Å². The minimum Gasteiger partial charge on any atom is -0.457 e. The molecule has 0 unspecified atom stereocenters. The van der Waals surface area contributed by atoms with E-state index in [1.54, 1.807) is 6.08 Å². The van der Waals surface area contributed by atoms with E-state index in [2.05, 4.69) is 17.2 Å². The Morgan fingerprint density at radius 2 is 2.04 bits per heavy atom. The van der Waals surface area contributed by atoms with E-state index < -0.39 is 28.6 Å². The van der Waals surface area contributed by atoms with Crippen LogP contribution >= 0.6 is 0 Å². The van der Waals surface area contributed by atoms with Crippen LogP contribution in [0.25, 0.3) is 0 Å². The fraction of sp³-hybridized carbons (Fsp3) is 0.421. The minimum absolute atomic E-state index is 0.0638. The quantitative estimate of drug-likeness (QED) is 0.311. The average Bonchev–Trinajstić information content (AvgIpc) is 3.19. The van der Waals surface area contributed by atoms with Crippen molar-refractivity contribution in [1.29, 1.82) is 0 Å². The highest BCUT2D eigenvalue weighted by atomic mass is 16.6. The number of carbonyl (C=O) groups is 3. The second-order valence-electron chi connectivity index (χ2n) is 7.09. The van der Waals surface area contributed by atoms with Crippen LogP contribution in [-0.4, -0.2) is 46.8 Å². The van der Waals surface area contributed by atoms with Crippen LogP contribution in [0, 0.1) is 16.0 Å². The Morgan fingerprint density at radius 3 is 2.57 bits per heavy atom. The van der Waals surface area contributed by atoms with Gasteiger partial charge in [-0.2, -0.15) is 0 Å². The fourth-order valence-corrected chi connectivity index (χ4v) is 3.45. The van der Waals surface area contributed by atoms with Gasteiger partial charge >= 0.3 is 5.97 Å². The molecule has 1 saturated heterocycles. The van der Waals surface area contributed by atoms with Crippen LogP contribution in [0.1, 0.15) is 30.1 Å². The molecule has 4 atom stereocenters. The first-order chi connectivity index (χ1) is 13.3. The summed E-state index contributed by atoms with van der Waals surface area (Å²) >= 11 is 0. The molecule has 1 aliphatic carbocycles. The molecule has 0 radical (unpaired) electrons. The van der Waals surface area contributed by atoms with Crippen LogP contribution in [0.4, 0.5) is 5.69 Å². The van der Waals surface area contributed by atoms with Crippen LogP contribution in [0.3, 0.4) is 0 Å². The van der Waals surface area contributed by atoms with Crippen molar-refractivity contribution < 1.29 is 24.0 Å². The molecule has 3 rings (SSSR count). The molecule has 148 valence electrons. The lowest BCUT2D eigenvalue weighted by molar-refractivity contribution is -0.384. The smallest absolute Gasteiger partial charge is 0.338 e. The van der Waals surface area contributed by atoms with Crippen LogP contribution in [0.2, 0.25) is 0 Å². The van der Waals surface area contributed by atoms with Crippen molar-refractivity contribution in [3.8, 4) is 0 Å². The van der Waals surface area contributed by atoms with E-state index in [4.69, 9.17) is 4.74 Å². The number of carbonyl (C=O) groups excluding carboxylic acids is 3. The van der Waals surface area contributed by atoms with Crippen molar-refractivity contribution in [2.45, 2.75) is 37.5 Å². The molecule has 1 aromatic carbocycles. The fourth-order valence-electron chi connectivity index (χ4n) is 3.45. The third-order valence-corrected chi connectivity index (χ3v) is 5.27. The molecular weight excluding hydrogens is 366 g/mol. The maximum atomic E-state index is 12.5. The summed E-state index contributed by atoms with van der Waals surface area (Å²) in [4.78, 5) is 46.7. The van der Waals surface area contributed by atoms with Crippen LogP contribution in [0.5, 0.6) is 0 Å². The first-order valence-electron chi connectivity index (χ1n) is 8.91. The lowest BCUT2D eigenvalue weighted by Crippen LogP contribution is -2.50. The summed E-state index contributed by atoms with van der Waals surface area (Å²) in [5, 5.41) is 16.5. The van der Waals surface area contributed by atoms with Gasteiger partial charge in [0.1, 0.15) is 11.6 Å². The van der Waals surface area contributed by atoms with Crippen molar-refractivity contribution in [3.05, 3.63) is 52.6 Å². The standard InChI is InChI=1S/C19H21N3O6/c1-3-13-9-19(13,11(2)23)21-17(24)16-8-15(10-20-16)28-18(25)12-4-6-14(7-5-12)22(26)27/h3-7,13,15-16,20H,1,8-10H2,2H3,(H,21,24)/t13-,15+,16-,19+/m1/s1. The van der Waals surface area contributed by atoms with E-state index in [1.807, 2.05) is 0 Å². The van der Waals surface area contributed by atoms with E-state index in [0.29, 0.717) is 13.0 Å². The van der Waals surface area contributed by atoms with Crippen LogP contribution in [-0.2, 0) is 14.3 Å². The zero-order valence-electron chi connectivity index (χ0n) is 15.3. The number of Topliss-reactive ketones (excluding diaryl/α,β-unsaturated/α-hetero) is 1. The molecule has 0 spiro atoms. The Labute approximate surface area is 161 Å². The predicted molar refractivity (Wildman–Crippen MR) is 98.6 cm³/mol. The summed E-state index contributed by atoms with van der Waals surface area (Å²) in [6, 6.07) is 4.54. The molecule has 1 aliphatic heterocycles. The van der Waals surface area contributed by atoms with E-state index in [1.165, 1.54) is 31.2 Å². The van der Waals surface area contributed by atoms with Crippen molar-refractivity contribution >= 4 is 23.3 Å². The van der Waals surface area contributed by atoms with Crippen molar-refractivity contribution in [2.24, 2.45) is 5.92 Å². The first kappa shape index (κ1) is 19.7. The summed E-state index contributed by atoms with van der Waals surface area (Å²) in [7, 11) is 0. The van der Waals surface area contributed by atoms with Crippen molar-refractivity contribution in [2.75, 3.05) is 6.54 Å². The molecule has 2 fully saturated rings. The van der Waals surface area contributed by atoms with Gasteiger partial charge < -0.3 is 15.4 Å². The number of rotatable bonds is 7. The first-order valence-corrected chi connectivity index (χ1v) is 8.91. The highest BCUT2D eigenvalue weighted by molar-refractivity contribution is 5.96. The van der Waals surface area contributed by atoms with Crippen molar-refractivity contribution in [3.63, 3.8) is 0 Å². The minimum atomic E-state index is -0.867. The van der Waals surface area contributed by atoms with Gasteiger partial charge in [-0.05, 0) is 25.5 Å². The van der Waals surface area contributed by atoms with Crippen LogP contribution < -0.4 is 10.6 Å². The summed E-state index contributed by atoms with van der Waals surface area (Å²) in [6.45, 7) is 5.43. The van der Waals surface area contributed by atoms with E-state index in [9.17, 15) is 24.5 Å². The Bertz CT molecular complexity index is 837. The van der Waals surface area contributed by atoms with Gasteiger partial charge in [0.15, 0.2) is 5.78 Å². The number of esters is 1. The summed E-state index contributed by atoms with van der Waals surface area (Å²) in [6.07, 6.45) is 1.97. The second-order valence-corrected chi connectivity index (χ2v) is 7.09. The number of nitro benzene ring substituents is 1. The molecule has 2 N–H and O–H groups in total. The number of amides is 1. The molecule has 28 heavy (non-hydrogen) atoms. The number of nitrogens with one attached hydrogen (secondary N) is 2. The normalized spacial score (nSPS) is 28.2. The number of benzene rings is 1. The topological polar surface area (TPSA) is 128 Å². The van der Waals surface area contributed by atoms with Gasteiger partial charge in [-0.3, -0.25) is 19.7 Å². The van der Waals surface area contributed by atoms with Crippen LogP contribution in [0.15, 0.2) is 36.9 Å². The lowest BCUT2D eigenvalue weighted by atomic mass is 10.1. The largest absolute Gasteiger partial charge is 0.457 e. The van der Waals surface area contributed by atoms with Crippen molar-refractivity contribution in [1.82, 2.24) is 10.6 Å². The van der Waals surface area contributed by atoms with Gasteiger partial charge in [-0.25, -0.2) is 4.79 Å². The van der Waals surface area contributed by atoms with E-state index >= 15 is 0 Å². The molecule has 0 bridgehead atoms. The van der Waals surface area contributed by atoms with Gasteiger partial charge in [-0.1, -0.05) is 6.08 Å². The maximum Gasteiger partial charge on any atom is 0.338 e. The Hall–Kier alpha value is -3.07. The maximum absolute atomic E-state index is 12.5. The molecule has 2 aliphatic rings. The number of non-ortho nitro benzene ring substituents is 1. The summed E-state index contributed by atoms with van der Waals surface area (Å²) in [5.41, 5.74) is -0.789. The zero-order valence-corrected chi connectivity index (χ0v) is 15.3. The number of nitrogens with zero attached hydrogens (tertiary/aromatic N) is 1. The third-order valence-electron chi connectivity index (χ3n) is 5.27. The SMILES string of the molecule is C=C[C@@H]1C[C@]1(NC(=O)[C@H]1C[C@H](OC(=O)c2ccc([N+](=O)[O-])cc2)CN1)C(C)=O. The van der Waals surface area contributed by atoms with E-state index in [0.717, 1.165) is 0 Å². The highest BCUT2D eigenvalue weighted by Crippen LogP contribution is 2.45. The lowest BCUT2D eigenvalue weighted by Gasteiger charge is -2.19. The number of hydrogen-bond donors (Lipinski definition) is 2. The summed E-state index contributed by atoms with van der Waals surface area (Å²) < 4.78 is 5.38. The predicted octanol–water partition coefficient (Wildman–Crippen LogP) is 1.13. The Balaban J connectivity index is 1.54. The number of nitro groups is 1. The molecule has 1 saturated carbocycles. The monoisotopic (exact) mass is 387 g/mol. The average molecular weight is 387 g/mol. The molecule has 1 aromatic rings. The molecule has 0 aromatic heterocycles. The third kappa shape index (κ3) is 3.79. The number of ketones is 1. The highest BCUT2D eigenvalue weighted by Gasteiger charge is 2.58. The molecule has 9 nitrogen and oxygen atoms in total. The number of ether oxygens (including phenoxy) is 1. The van der Waals surface area contributed by atoms with Gasteiger partial charge in [0, 0.05) is 31.0 Å².